The van der Waals surface area contributed by atoms with Crippen molar-refractivity contribution in [3.63, 3.8) is 0 Å². The number of nitrogens with zero attached hydrogens (tertiary/aromatic N) is 5. The Morgan fingerprint density at radius 3 is 3.05 bits per heavy atom. The molecule has 1 fully saturated rings. The van der Waals surface area contributed by atoms with Crippen LogP contribution < -0.4 is 9.64 Å². The molecule has 0 bridgehead atoms. The third-order valence-corrected chi connectivity index (χ3v) is 4.40. The Morgan fingerprint density at radius 1 is 1.29 bits per heavy atom. The van der Waals surface area contributed by atoms with E-state index in [0.717, 1.165) is 42.2 Å². The highest BCUT2D eigenvalue weighted by Crippen LogP contribution is 2.37. The molecule has 4 rings (SSSR count). The maximum Gasteiger partial charge on any atom is 0.246 e. The van der Waals surface area contributed by atoms with Gasteiger partial charge in [-0.25, -0.2) is 14.6 Å². The van der Waals surface area contributed by atoms with Crippen LogP contribution in [-0.2, 0) is 6.54 Å². The zero-order valence-electron chi connectivity index (χ0n) is 12.7. The number of fused-ring (bicyclic) bond motifs is 2. The van der Waals surface area contributed by atoms with Crippen LogP contribution in [-0.4, -0.2) is 38.9 Å². The smallest absolute Gasteiger partial charge is 0.246 e. The zero-order valence-corrected chi connectivity index (χ0v) is 12.7. The summed E-state index contributed by atoms with van der Waals surface area (Å²) in [4.78, 5) is 11.8. The average Bonchev–Trinajstić information content (AvgIpc) is 2.74. The van der Waals surface area contributed by atoms with Gasteiger partial charge in [-0.15, -0.1) is 5.10 Å². The molecule has 4 heterocycles. The maximum atomic E-state index is 6.00. The maximum absolute atomic E-state index is 6.00. The quantitative estimate of drug-likeness (QED) is 0.848. The molecule has 0 saturated carbocycles. The van der Waals surface area contributed by atoms with Crippen LogP contribution >= 0.6 is 0 Å². The molecule has 2 aromatic rings. The van der Waals surface area contributed by atoms with Gasteiger partial charge in [0.1, 0.15) is 23.6 Å². The molecular formula is C15H21N5O. The van der Waals surface area contributed by atoms with Gasteiger partial charge >= 0.3 is 0 Å². The van der Waals surface area contributed by atoms with E-state index in [1.54, 1.807) is 0 Å². The fourth-order valence-electron chi connectivity index (χ4n) is 3.43. The van der Waals surface area contributed by atoms with Gasteiger partial charge in [-0.1, -0.05) is 6.92 Å². The van der Waals surface area contributed by atoms with Gasteiger partial charge in [0.2, 0.25) is 5.88 Å². The molecule has 0 unspecified atom stereocenters. The Kier molecular flexibility index (Phi) is 2.97. The minimum Gasteiger partial charge on any atom is -0.474 e. The van der Waals surface area contributed by atoms with Crippen molar-refractivity contribution in [2.45, 2.75) is 52.1 Å². The summed E-state index contributed by atoms with van der Waals surface area (Å²) in [5, 5.41) is 5.63. The Hall–Kier alpha value is -1.85. The standard InChI is InChI=1S/C15H21N5O/c1-3-7-20-14-12-13(16-10(2)17-14)19-8-5-4-6-11(19)9-21-15(12)18-20/h11H,3-9H2,1-2H3/t11-/m0/s1. The van der Waals surface area contributed by atoms with Crippen molar-refractivity contribution in [3.8, 4) is 5.88 Å². The lowest BCUT2D eigenvalue weighted by atomic mass is 10.0. The van der Waals surface area contributed by atoms with Crippen molar-refractivity contribution in [3.05, 3.63) is 5.82 Å². The van der Waals surface area contributed by atoms with E-state index >= 15 is 0 Å². The molecule has 6 nitrogen and oxygen atoms in total. The summed E-state index contributed by atoms with van der Waals surface area (Å²) >= 11 is 0. The van der Waals surface area contributed by atoms with Crippen molar-refractivity contribution in [2.75, 3.05) is 18.1 Å². The van der Waals surface area contributed by atoms with Crippen LogP contribution in [0.1, 0.15) is 38.4 Å². The lowest BCUT2D eigenvalue weighted by Crippen LogP contribution is -2.43. The second-order valence-corrected chi connectivity index (χ2v) is 5.98. The highest BCUT2D eigenvalue weighted by atomic mass is 16.5. The van der Waals surface area contributed by atoms with Gasteiger partial charge in [0, 0.05) is 13.1 Å². The van der Waals surface area contributed by atoms with E-state index in [1.807, 2.05) is 11.6 Å². The van der Waals surface area contributed by atoms with Crippen LogP contribution in [0.25, 0.3) is 11.0 Å². The highest BCUT2D eigenvalue weighted by Gasteiger charge is 2.32. The van der Waals surface area contributed by atoms with Crippen LogP contribution in [0.5, 0.6) is 5.88 Å². The van der Waals surface area contributed by atoms with Crippen LogP contribution in [0.15, 0.2) is 0 Å². The fraction of sp³-hybridized carbons (Fsp3) is 0.667. The molecule has 1 atom stereocenters. The minimum absolute atomic E-state index is 0.421. The van der Waals surface area contributed by atoms with E-state index in [2.05, 4.69) is 21.9 Å². The van der Waals surface area contributed by atoms with Gasteiger partial charge in [-0.05, 0) is 32.6 Å². The summed E-state index contributed by atoms with van der Waals surface area (Å²) in [6, 6.07) is 0.421. The second kappa shape index (κ2) is 4.86. The molecule has 0 N–H and O–H groups in total. The van der Waals surface area contributed by atoms with E-state index < -0.39 is 0 Å². The Morgan fingerprint density at radius 2 is 2.19 bits per heavy atom. The Balaban J connectivity index is 1.94. The number of ether oxygens (including phenoxy) is 1. The number of hydrogen-bond acceptors (Lipinski definition) is 5. The number of anilines is 1. The average molecular weight is 287 g/mol. The largest absolute Gasteiger partial charge is 0.474 e. The summed E-state index contributed by atoms with van der Waals surface area (Å²) in [6.07, 6.45) is 4.69. The monoisotopic (exact) mass is 287 g/mol. The summed E-state index contributed by atoms with van der Waals surface area (Å²) in [5.41, 5.74) is 0.917. The number of aromatic nitrogens is 4. The molecule has 0 aliphatic carbocycles. The topological polar surface area (TPSA) is 56.1 Å². The van der Waals surface area contributed by atoms with Crippen LogP contribution in [0.3, 0.4) is 0 Å². The van der Waals surface area contributed by atoms with E-state index in [1.165, 1.54) is 19.3 Å². The molecule has 2 aromatic heterocycles. The molecule has 0 spiro atoms. The molecule has 0 radical (unpaired) electrons. The van der Waals surface area contributed by atoms with Crippen LogP contribution in [0.2, 0.25) is 0 Å². The van der Waals surface area contributed by atoms with Gasteiger partial charge in [0.25, 0.3) is 0 Å². The molecular weight excluding hydrogens is 266 g/mol. The summed E-state index contributed by atoms with van der Waals surface area (Å²) < 4.78 is 7.97. The van der Waals surface area contributed by atoms with E-state index in [9.17, 15) is 0 Å². The first-order valence-corrected chi connectivity index (χ1v) is 7.92. The van der Waals surface area contributed by atoms with Crippen molar-refractivity contribution < 1.29 is 4.74 Å². The molecule has 0 amide bonds. The van der Waals surface area contributed by atoms with Gasteiger partial charge in [-0.2, -0.15) is 0 Å². The third-order valence-electron chi connectivity index (χ3n) is 4.40. The van der Waals surface area contributed by atoms with Gasteiger partial charge in [0.05, 0.1) is 6.04 Å². The molecule has 6 heteroatoms. The number of rotatable bonds is 2. The van der Waals surface area contributed by atoms with Gasteiger partial charge in [0.15, 0.2) is 5.65 Å². The Bertz CT molecular complexity index is 680. The molecule has 21 heavy (non-hydrogen) atoms. The van der Waals surface area contributed by atoms with Gasteiger partial charge < -0.3 is 9.64 Å². The summed E-state index contributed by atoms with van der Waals surface area (Å²) in [5.74, 6) is 2.55. The van der Waals surface area contributed by atoms with Gasteiger partial charge in [-0.3, -0.25) is 0 Å². The first kappa shape index (κ1) is 12.9. The van der Waals surface area contributed by atoms with Crippen molar-refractivity contribution in [2.24, 2.45) is 0 Å². The third kappa shape index (κ3) is 1.96. The van der Waals surface area contributed by atoms with E-state index in [0.29, 0.717) is 18.5 Å². The van der Waals surface area contributed by atoms with Crippen molar-refractivity contribution >= 4 is 16.9 Å². The predicted octanol–water partition coefficient (Wildman–Crippen LogP) is 2.30. The number of hydrogen-bond donors (Lipinski definition) is 0. The summed E-state index contributed by atoms with van der Waals surface area (Å²) in [7, 11) is 0. The first-order chi connectivity index (χ1) is 10.3. The lowest BCUT2D eigenvalue weighted by Gasteiger charge is -2.35. The van der Waals surface area contributed by atoms with Crippen molar-refractivity contribution in [1.82, 2.24) is 19.7 Å². The first-order valence-electron chi connectivity index (χ1n) is 7.92. The molecule has 2 aliphatic rings. The SMILES string of the molecule is CCCn1nc2c3c(nc(C)nc31)N1CCCC[C@H]1CO2. The van der Waals surface area contributed by atoms with Crippen molar-refractivity contribution in [1.29, 1.82) is 0 Å². The minimum atomic E-state index is 0.421. The van der Waals surface area contributed by atoms with E-state index in [-0.39, 0.29) is 0 Å². The van der Waals surface area contributed by atoms with Crippen LogP contribution in [0, 0.1) is 6.92 Å². The zero-order chi connectivity index (χ0) is 14.4. The highest BCUT2D eigenvalue weighted by molar-refractivity contribution is 5.93. The normalized spacial score (nSPS) is 21.0. The number of aryl methyl sites for hydroxylation is 2. The number of piperidine rings is 1. The summed E-state index contributed by atoms with van der Waals surface area (Å²) in [6.45, 7) is 6.73. The second-order valence-electron chi connectivity index (χ2n) is 5.98. The molecule has 112 valence electrons. The molecule has 2 aliphatic heterocycles. The fourth-order valence-corrected chi connectivity index (χ4v) is 3.43. The Labute approximate surface area is 124 Å². The lowest BCUT2D eigenvalue weighted by molar-refractivity contribution is 0.256. The van der Waals surface area contributed by atoms with Crippen LogP contribution in [0.4, 0.5) is 5.82 Å². The van der Waals surface area contributed by atoms with E-state index in [4.69, 9.17) is 9.72 Å². The molecule has 0 aromatic carbocycles. The predicted molar refractivity (Wildman–Crippen MR) is 80.8 cm³/mol. The molecule has 1 saturated heterocycles.